The van der Waals surface area contributed by atoms with Gasteiger partial charge in [-0.05, 0) is 36.3 Å². The van der Waals surface area contributed by atoms with Crippen molar-refractivity contribution >= 4 is 17.7 Å². The van der Waals surface area contributed by atoms with E-state index in [2.05, 4.69) is 24.0 Å². The number of primary amides is 1. The number of amides is 1. The van der Waals surface area contributed by atoms with Crippen LogP contribution < -0.4 is 10.6 Å². The summed E-state index contributed by atoms with van der Waals surface area (Å²) in [4.78, 5) is 13.3. The van der Waals surface area contributed by atoms with Crippen molar-refractivity contribution in [1.82, 2.24) is 0 Å². The number of benzene rings is 2. The van der Waals surface area contributed by atoms with Crippen molar-refractivity contribution in [3.05, 3.63) is 71.3 Å². The molecule has 4 heteroatoms. The van der Waals surface area contributed by atoms with Crippen LogP contribution in [0.15, 0.2) is 60.2 Å². The highest BCUT2D eigenvalue weighted by Crippen LogP contribution is 2.19. The number of hydrogen-bond donors (Lipinski definition) is 1. The van der Waals surface area contributed by atoms with Crippen molar-refractivity contribution in [2.24, 2.45) is 5.73 Å². The number of carbonyl (C=O) groups is 1. The van der Waals surface area contributed by atoms with E-state index >= 15 is 0 Å². The van der Waals surface area contributed by atoms with Gasteiger partial charge in [0.2, 0.25) is 0 Å². The summed E-state index contributed by atoms with van der Waals surface area (Å²) in [5, 5.41) is 8.88. The molecule has 2 aromatic carbocycles. The molecule has 0 aliphatic heterocycles. The topological polar surface area (TPSA) is 70.1 Å². The normalized spacial score (nSPS) is 10.9. The third-order valence-corrected chi connectivity index (χ3v) is 3.55. The summed E-state index contributed by atoms with van der Waals surface area (Å²) >= 11 is 0. The van der Waals surface area contributed by atoms with E-state index in [4.69, 9.17) is 11.0 Å². The average molecular weight is 305 g/mol. The van der Waals surface area contributed by atoms with Crippen LogP contribution in [-0.4, -0.2) is 12.5 Å². The molecule has 0 bridgehead atoms. The number of nitriles is 1. The van der Waals surface area contributed by atoms with E-state index in [1.807, 2.05) is 48.5 Å². The Morgan fingerprint density at radius 2 is 1.83 bits per heavy atom. The molecule has 0 unspecified atom stereocenters. The van der Waals surface area contributed by atoms with Crippen LogP contribution in [0.25, 0.3) is 6.08 Å². The van der Waals surface area contributed by atoms with Gasteiger partial charge in [0.15, 0.2) is 0 Å². The first-order valence-corrected chi connectivity index (χ1v) is 7.44. The van der Waals surface area contributed by atoms with Crippen LogP contribution in [0.1, 0.15) is 18.1 Å². The predicted octanol–water partition coefficient (Wildman–Crippen LogP) is 3.11. The van der Waals surface area contributed by atoms with Gasteiger partial charge < -0.3 is 10.6 Å². The van der Waals surface area contributed by atoms with Crippen molar-refractivity contribution in [1.29, 1.82) is 5.26 Å². The largest absolute Gasteiger partial charge is 0.367 e. The van der Waals surface area contributed by atoms with Gasteiger partial charge in [-0.3, -0.25) is 4.79 Å². The van der Waals surface area contributed by atoms with Crippen molar-refractivity contribution in [3.63, 3.8) is 0 Å². The van der Waals surface area contributed by atoms with E-state index in [0.29, 0.717) is 0 Å². The molecule has 4 nitrogen and oxygen atoms in total. The minimum absolute atomic E-state index is 0.0469. The van der Waals surface area contributed by atoms with Crippen LogP contribution in [0, 0.1) is 11.3 Å². The maximum Gasteiger partial charge on any atom is 0.259 e. The molecule has 2 rings (SSSR count). The highest BCUT2D eigenvalue weighted by Gasteiger charge is 2.06. The summed E-state index contributed by atoms with van der Waals surface area (Å²) in [6, 6.07) is 19.8. The smallest absolute Gasteiger partial charge is 0.259 e. The van der Waals surface area contributed by atoms with Gasteiger partial charge in [0, 0.05) is 18.8 Å². The van der Waals surface area contributed by atoms with E-state index in [-0.39, 0.29) is 5.57 Å². The number of rotatable bonds is 6. The Kier molecular flexibility index (Phi) is 5.54. The monoisotopic (exact) mass is 305 g/mol. The standard InChI is InChI=1S/C19H19N3O/c1-2-22(14-16-6-4-3-5-7-16)18-10-8-15(9-11-18)12-17(13-20)19(21)23/h3-12H,2,14H2,1H3,(H2,21,23)/b17-12+. The maximum absolute atomic E-state index is 11.1. The molecule has 23 heavy (non-hydrogen) atoms. The first-order valence-electron chi connectivity index (χ1n) is 7.44. The van der Waals surface area contributed by atoms with Crippen molar-refractivity contribution in [3.8, 4) is 6.07 Å². The van der Waals surface area contributed by atoms with E-state index in [1.54, 1.807) is 0 Å². The van der Waals surface area contributed by atoms with Crippen LogP contribution in [0.2, 0.25) is 0 Å². The van der Waals surface area contributed by atoms with Crippen LogP contribution in [0.4, 0.5) is 5.69 Å². The fourth-order valence-electron chi connectivity index (χ4n) is 2.30. The second-order valence-corrected chi connectivity index (χ2v) is 5.13. The summed E-state index contributed by atoms with van der Waals surface area (Å²) < 4.78 is 0. The second-order valence-electron chi connectivity index (χ2n) is 5.13. The lowest BCUT2D eigenvalue weighted by Crippen LogP contribution is -2.21. The molecule has 0 spiro atoms. The van der Waals surface area contributed by atoms with E-state index in [9.17, 15) is 4.79 Å². The Bertz CT molecular complexity index is 727. The molecule has 0 aliphatic carbocycles. The zero-order chi connectivity index (χ0) is 16.7. The molecule has 0 aliphatic rings. The summed E-state index contributed by atoms with van der Waals surface area (Å²) in [5.41, 5.74) is 8.21. The molecular formula is C19H19N3O. The fourth-order valence-corrected chi connectivity index (χ4v) is 2.30. The molecule has 0 aromatic heterocycles. The Hall–Kier alpha value is -3.06. The SMILES string of the molecule is CCN(Cc1ccccc1)c1ccc(/C=C(\C#N)C(N)=O)cc1. The number of nitrogens with zero attached hydrogens (tertiary/aromatic N) is 2. The number of nitrogens with two attached hydrogens (primary N) is 1. The van der Waals surface area contributed by atoms with Gasteiger partial charge in [0.25, 0.3) is 5.91 Å². The van der Waals surface area contributed by atoms with Gasteiger partial charge >= 0.3 is 0 Å². The molecule has 2 aromatic rings. The summed E-state index contributed by atoms with van der Waals surface area (Å²) in [5.74, 6) is -0.712. The van der Waals surface area contributed by atoms with Crippen molar-refractivity contribution in [2.75, 3.05) is 11.4 Å². The molecule has 1 amide bonds. The van der Waals surface area contributed by atoms with Gasteiger partial charge in [-0.15, -0.1) is 0 Å². The van der Waals surface area contributed by atoms with Crippen LogP contribution in [0.5, 0.6) is 0 Å². The van der Waals surface area contributed by atoms with Gasteiger partial charge in [-0.25, -0.2) is 0 Å². The predicted molar refractivity (Wildman–Crippen MR) is 92.4 cm³/mol. The summed E-state index contributed by atoms with van der Waals surface area (Å²) in [6.07, 6.45) is 1.50. The molecule has 116 valence electrons. The molecule has 0 heterocycles. The van der Waals surface area contributed by atoms with Gasteiger partial charge in [-0.2, -0.15) is 5.26 Å². The minimum Gasteiger partial charge on any atom is -0.367 e. The third kappa shape index (κ3) is 4.45. The van der Waals surface area contributed by atoms with E-state index in [1.165, 1.54) is 11.6 Å². The zero-order valence-corrected chi connectivity index (χ0v) is 13.1. The zero-order valence-electron chi connectivity index (χ0n) is 13.1. The molecule has 2 N–H and O–H groups in total. The number of anilines is 1. The Morgan fingerprint density at radius 1 is 1.17 bits per heavy atom. The lowest BCUT2D eigenvalue weighted by atomic mass is 10.1. The van der Waals surface area contributed by atoms with Gasteiger partial charge in [0.05, 0.1) is 0 Å². The number of carbonyl (C=O) groups excluding carboxylic acids is 1. The lowest BCUT2D eigenvalue weighted by Gasteiger charge is -2.23. The quantitative estimate of drug-likeness (QED) is 0.658. The lowest BCUT2D eigenvalue weighted by molar-refractivity contribution is -0.114. The van der Waals surface area contributed by atoms with Gasteiger partial charge in [-0.1, -0.05) is 42.5 Å². The van der Waals surface area contributed by atoms with Crippen molar-refractivity contribution < 1.29 is 4.79 Å². The van der Waals surface area contributed by atoms with Gasteiger partial charge in [0.1, 0.15) is 11.6 Å². The van der Waals surface area contributed by atoms with Crippen LogP contribution in [-0.2, 0) is 11.3 Å². The number of hydrogen-bond acceptors (Lipinski definition) is 3. The summed E-state index contributed by atoms with van der Waals surface area (Å²) in [6.45, 7) is 3.82. The van der Waals surface area contributed by atoms with Crippen LogP contribution in [0.3, 0.4) is 0 Å². The van der Waals surface area contributed by atoms with Crippen molar-refractivity contribution in [2.45, 2.75) is 13.5 Å². The highest BCUT2D eigenvalue weighted by atomic mass is 16.1. The van der Waals surface area contributed by atoms with E-state index < -0.39 is 5.91 Å². The fraction of sp³-hybridized carbons (Fsp3) is 0.158. The Balaban J connectivity index is 2.17. The molecule has 0 saturated heterocycles. The second kappa shape index (κ2) is 7.81. The summed E-state index contributed by atoms with van der Waals surface area (Å²) in [7, 11) is 0. The molecular weight excluding hydrogens is 286 g/mol. The molecule has 0 radical (unpaired) electrons. The van der Waals surface area contributed by atoms with E-state index in [0.717, 1.165) is 24.3 Å². The highest BCUT2D eigenvalue weighted by molar-refractivity contribution is 6.00. The third-order valence-electron chi connectivity index (χ3n) is 3.55. The Morgan fingerprint density at radius 3 is 2.35 bits per heavy atom. The first-order chi connectivity index (χ1) is 11.1. The molecule has 0 saturated carbocycles. The molecule has 0 fully saturated rings. The minimum atomic E-state index is -0.712. The average Bonchev–Trinajstić information content (AvgIpc) is 2.59. The first kappa shape index (κ1) is 16.3. The molecule has 0 atom stereocenters. The Labute approximate surface area is 136 Å². The maximum atomic E-state index is 11.1. The van der Waals surface area contributed by atoms with Crippen LogP contribution >= 0.6 is 0 Å².